The van der Waals surface area contributed by atoms with Crippen LogP contribution in [0.2, 0.25) is 18.6 Å². The highest BCUT2D eigenvalue weighted by atomic mass is 79.9. The van der Waals surface area contributed by atoms with E-state index in [0.29, 0.717) is 13.0 Å². The normalized spacial score (nSPS) is 30.9. The molecule has 4 atom stereocenters. The summed E-state index contributed by atoms with van der Waals surface area (Å²) in [5.41, 5.74) is -0.0149. The molecule has 1 spiro atoms. The molecule has 1 saturated heterocycles. The standard InChI is InChI=1S/C19H25BrFNO3Si/c1-5-9-22-15-7-6-13(20)11-14(15)19(18(22)24)12(2)17(26(3,4)21)16(25-19)8-10-23/h5-7,11-12,16-17,23H,1,8-10H2,2-4H3/t12-,16+,17-,19+/m0/s1. The van der Waals surface area contributed by atoms with Gasteiger partial charge in [-0.2, -0.15) is 0 Å². The largest absolute Gasteiger partial charge is 0.396 e. The maximum absolute atomic E-state index is 15.2. The van der Waals surface area contributed by atoms with Crippen LogP contribution in [0.3, 0.4) is 0 Å². The number of fused-ring (bicyclic) bond motifs is 2. The molecular weight excluding hydrogens is 417 g/mol. The topological polar surface area (TPSA) is 49.8 Å². The minimum absolute atomic E-state index is 0.0929. The second-order valence-corrected chi connectivity index (χ2v) is 12.4. The smallest absolute Gasteiger partial charge is 0.264 e. The second-order valence-electron chi connectivity index (χ2n) is 7.65. The summed E-state index contributed by atoms with van der Waals surface area (Å²) in [6.45, 7) is 9.26. The molecule has 2 aliphatic heterocycles. The van der Waals surface area contributed by atoms with Gasteiger partial charge in [0.2, 0.25) is 8.41 Å². The van der Waals surface area contributed by atoms with Crippen LogP contribution < -0.4 is 4.90 Å². The highest BCUT2D eigenvalue weighted by Crippen LogP contribution is 2.60. The average Bonchev–Trinajstić information content (AvgIpc) is 2.96. The molecule has 3 rings (SSSR count). The number of carbonyl (C=O) groups is 1. The molecule has 2 heterocycles. The van der Waals surface area contributed by atoms with Gasteiger partial charge < -0.3 is 18.9 Å². The fraction of sp³-hybridized carbons (Fsp3) is 0.526. The van der Waals surface area contributed by atoms with Gasteiger partial charge in [0.25, 0.3) is 5.91 Å². The van der Waals surface area contributed by atoms with E-state index in [4.69, 9.17) is 4.74 Å². The lowest BCUT2D eigenvalue weighted by Gasteiger charge is -2.31. The van der Waals surface area contributed by atoms with E-state index in [1.807, 2.05) is 25.1 Å². The van der Waals surface area contributed by atoms with Crippen molar-refractivity contribution in [2.24, 2.45) is 5.92 Å². The molecule has 1 aromatic rings. The van der Waals surface area contributed by atoms with Crippen LogP contribution in [0, 0.1) is 5.92 Å². The summed E-state index contributed by atoms with van der Waals surface area (Å²) in [5.74, 6) is -0.484. The molecule has 0 aromatic heterocycles. The van der Waals surface area contributed by atoms with Gasteiger partial charge in [0, 0.05) is 34.6 Å². The number of hydrogen-bond donors (Lipinski definition) is 1. The first-order chi connectivity index (χ1) is 12.2. The van der Waals surface area contributed by atoms with Crippen molar-refractivity contribution in [3.63, 3.8) is 0 Å². The third-order valence-electron chi connectivity index (χ3n) is 5.65. The first-order valence-corrected chi connectivity index (χ1v) is 12.6. The molecule has 7 heteroatoms. The van der Waals surface area contributed by atoms with Crippen molar-refractivity contribution in [1.29, 1.82) is 0 Å². The summed E-state index contributed by atoms with van der Waals surface area (Å²) in [5, 5.41) is 9.47. The number of halogens is 2. The first-order valence-electron chi connectivity index (χ1n) is 8.89. The highest BCUT2D eigenvalue weighted by molar-refractivity contribution is 9.10. The molecule has 26 heavy (non-hydrogen) atoms. The monoisotopic (exact) mass is 441 g/mol. The SMILES string of the molecule is C=CCN1C(=O)[C@]2(O[C@H](CCO)[C@@H]([Si](C)(C)F)[C@@H]2C)c2cc(Br)ccc21. The summed E-state index contributed by atoms with van der Waals surface area (Å²) < 4.78 is 22.4. The summed E-state index contributed by atoms with van der Waals surface area (Å²) >= 11 is 3.48. The second kappa shape index (κ2) is 6.85. The van der Waals surface area contributed by atoms with E-state index in [2.05, 4.69) is 22.5 Å². The molecule has 2 aliphatic rings. The molecule has 142 valence electrons. The predicted molar refractivity (Wildman–Crippen MR) is 106 cm³/mol. The van der Waals surface area contributed by atoms with Crippen LogP contribution in [0.5, 0.6) is 0 Å². The van der Waals surface area contributed by atoms with Crippen molar-refractivity contribution in [2.75, 3.05) is 18.1 Å². The molecule has 1 aromatic carbocycles. The molecule has 0 aliphatic carbocycles. The Labute approximate surface area is 163 Å². The molecule has 0 unspecified atom stereocenters. The Morgan fingerprint density at radius 2 is 2.19 bits per heavy atom. The fourth-order valence-electron chi connectivity index (χ4n) is 4.73. The zero-order valence-electron chi connectivity index (χ0n) is 15.3. The maximum atomic E-state index is 15.2. The number of nitrogens with zero attached hydrogens (tertiary/aromatic N) is 1. The van der Waals surface area contributed by atoms with Crippen LogP contribution in [0.25, 0.3) is 0 Å². The van der Waals surface area contributed by atoms with Gasteiger partial charge in [0.05, 0.1) is 11.8 Å². The van der Waals surface area contributed by atoms with Gasteiger partial charge in [0.1, 0.15) is 0 Å². The maximum Gasteiger partial charge on any atom is 0.264 e. The Bertz CT molecular complexity index is 738. The number of amides is 1. The number of anilines is 1. The van der Waals surface area contributed by atoms with Crippen molar-refractivity contribution in [1.82, 2.24) is 0 Å². The lowest BCUT2D eigenvalue weighted by atomic mass is 9.82. The minimum atomic E-state index is -3.12. The number of aliphatic hydroxyl groups excluding tert-OH is 1. The van der Waals surface area contributed by atoms with Crippen molar-refractivity contribution in [3.05, 3.63) is 40.9 Å². The average molecular weight is 442 g/mol. The van der Waals surface area contributed by atoms with E-state index in [1.165, 1.54) is 0 Å². The quantitative estimate of drug-likeness (QED) is 0.424. The molecule has 0 bridgehead atoms. The molecular formula is C19H25BrFNO3Si. The number of benzene rings is 1. The Kier molecular flexibility index (Phi) is 5.20. The Morgan fingerprint density at radius 1 is 1.50 bits per heavy atom. The van der Waals surface area contributed by atoms with Crippen LogP contribution in [0.15, 0.2) is 35.3 Å². The first kappa shape index (κ1) is 19.7. The number of aliphatic hydroxyl groups is 1. The van der Waals surface area contributed by atoms with Crippen molar-refractivity contribution < 1.29 is 18.7 Å². The third-order valence-corrected chi connectivity index (χ3v) is 8.60. The van der Waals surface area contributed by atoms with Crippen molar-refractivity contribution >= 4 is 35.9 Å². The molecule has 1 amide bonds. The van der Waals surface area contributed by atoms with Crippen molar-refractivity contribution in [3.8, 4) is 0 Å². The van der Waals surface area contributed by atoms with E-state index in [0.717, 1.165) is 15.7 Å². The van der Waals surface area contributed by atoms with E-state index >= 15 is 4.11 Å². The minimum Gasteiger partial charge on any atom is -0.396 e. The van der Waals surface area contributed by atoms with Crippen LogP contribution in [-0.4, -0.2) is 38.7 Å². The van der Waals surface area contributed by atoms with E-state index < -0.39 is 20.1 Å². The Balaban J connectivity index is 2.18. The van der Waals surface area contributed by atoms with Gasteiger partial charge in [-0.1, -0.05) is 28.9 Å². The van der Waals surface area contributed by atoms with Gasteiger partial charge in [-0.3, -0.25) is 4.79 Å². The van der Waals surface area contributed by atoms with Crippen LogP contribution in [0.1, 0.15) is 18.9 Å². The van der Waals surface area contributed by atoms with Gasteiger partial charge in [-0.05, 0) is 37.7 Å². The molecule has 1 fully saturated rings. The van der Waals surface area contributed by atoms with E-state index in [9.17, 15) is 9.90 Å². The van der Waals surface area contributed by atoms with Crippen LogP contribution >= 0.6 is 15.9 Å². The molecule has 0 saturated carbocycles. The van der Waals surface area contributed by atoms with Gasteiger partial charge >= 0.3 is 0 Å². The lowest BCUT2D eigenvalue weighted by molar-refractivity contribution is -0.146. The Morgan fingerprint density at radius 3 is 2.77 bits per heavy atom. The summed E-state index contributed by atoms with van der Waals surface area (Å²) in [6, 6.07) is 5.67. The van der Waals surface area contributed by atoms with Gasteiger partial charge in [0.15, 0.2) is 5.60 Å². The van der Waals surface area contributed by atoms with Crippen LogP contribution in [-0.2, 0) is 15.1 Å². The van der Waals surface area contributed by atoms with E-state index in [1.54, 1.807) is 24.1 Å². The predicted octanol–water partition coefficient (Wildman–Crippen LogP) is 4.14. The summed E-state index contributed by atoms with van der Waals surface area (Å²) in [7, 11) is -3.12. The van der Waals surface area contributed by atoms with Crippen LogP contribution in [0.4, 0.5) is 9.80 Å². The highest BCUT2D eigenvalue weighted by Gasteiger charge is 2.66. The lowest BCUT2D eigenvalue weighted by Crippen LogP contribution is -2.45. The fourth-order valence-corrected chi connectivity index (χ4v) is 7.63. The number of hydrogen-bond acceptors (Lipinski definition) is 3. The van der Waals surface area contributed by atoms with Crippen molar-refractivity contribution in [2.45, 2.75) is 43.7 Å². The van der Waals surface area contributed by atoms with E-state index in [-0.39, 0.29) is 24.0 Å². The summed E-state index contributed by atoms with van der Waals surface area (Å²) in [6.07, 6.45) is 1.54. The number of carbonyl (C=O) groups excluding carboxylic acids is 1. The van der Waals surface area contributed by atoms with Gasteiger partial charge in [-0.25, -0.2) is 0 Å². The molecule has 4 nitrogen and oxygen atoms in total. The zero-order valence-corrected chi connectivity index (χ0v) is 17.9. The summed E-state index contributed by atoms with van der Waals surface area (Å²) in [4.78, 5) is 15.2. The number of rotatable bonds is 5. The Hall–Kier alpha value is -1.02. The molecule has 1 N–H and O–H groups in total. The molecule has 0 radical (unpaired) electrons. The number of ether oxygens (including phenoxy) is 1. The van der Waals surface area contributed by atoms with Gasteiger partial charge in [-0.15, -0.1) is 6.58 Å². The zero-order chi connectivity index (χ0) is 19.3. The third kappa shape index (κ3) is 2.80.